The van der Waals surface area contributed by atoms with Gasteiger partial charge in [0.15, 0.2) is 0 Å². The largest absolute Gasteiger partial charge is 0.573 e. The van der Waals surface area contributed by atoms with E-state index in [4.69, 9.17) is 4.74 Å². The third kappa shape index (κ3) is 5.67. The number of carbonyl (C=O) groups is 2. The van der Waals surface area contributed by atoms with Gasteiger partial charge in [-0.3, -0.25) is 4.79 Å². The Morgan fingerprint density at radius 3 is 2.34 bits per heavy atom. The van der Waals surface area contributed by atoms with Crippen molar-refractivity contribution in [1.29, 1.82) is 0 Å². The maximum atomic E-state index is 13.2. The molecule has 1 saturated carbocycles. The predicted molar refractivity (Wildman–Crippen MR) is 122 cm³/mol. The van der Waals surface area contributed by atoms with Gasteiger partial charge in [0, 0.05) is 5.39 Å². The van der Waals surface area contributed by atoms with E-state index in [0.29, 0.717) is 23.8 Å². The first-order chi connectivity index (χ1) is 16.4. The van der Waals surface area contributed by atoms with Gasteiger partial charge in [0.05, 0.1) is 5.56 Å². The van der Waals surface area contributed by atoms with Gasteiger partial charge in [-0.1, -0.05) is 42.8 Å². The fourth-order valence-electron chi connectivity index (χ4n) is 3.91. The van der Waals surface area contributed by atoms with Crippen LogP contribution in [-0.2, 0) is 11.4 Å². The summed E-state index contributed by atoms with van der Waals surface area (Å²) in [6.45, 7) is 3.68. The summed E-state index contributed by atoms with van der Waals surface area (Å²) in [6, 6.07) is 13.2. The van der Waals surface area contributed by atoms with Gasteiger partial charge in [-0.15, -0.1) is 13.2 Å². The quantitative estimate of drug-likeness (QED) is 0.432. The van der Waals surface area contributed by atoms with Crippen LogP contribution in [0.25, 0.3) is 10.8 Å². The molecule has 3 aromatic carbocycles. The second-order valence-electron chi connectivity index (χ2n) is 9.05. The lowest BCUT2D eigenvalue weighted by Gasteiger charge is -2.22. The molecule has 0 heterocycles. The van der Waals surface area contributed by atoms with Crippen LogP contribution in [0.15, 0.2) is 54.6 Å². The van der Waals surface area contributed by atoms with Crippen molar-refractivity contribution in [3.8, 4) is 11.5 Å². The fraction of sp³-hybridized carbons (Fsp3) is 0.308. The Morgan fingerprint density at radius 1 is 1.09 bits per heavy atom. The molecule has 0 bridgehead atoms. The van der Waals surface area contributed by atoms with Gasteiger partial charge in [0.1, 0.15) is 24.1 Å². The van der Waals surface area contributed by atoms with Crippen molar-refractivity contribution in [2.24, 2.45) is 5.41 Å². The van der Waals surface area contributed by atoms with Gasteiger partial charge in [-0.25, -0.2) is 4.79 Å². The lowest BCUT2D eigenvalue weighted by atomic mass is 9.97. The molecule has 0 unspecified atom stereocenters. The molecule has 1 aliphatic rings. The number of carboxylic acids is 1. The van der Waals surface area contributed by atoms with Crippen LogP contribution in [-0.4, -0.2) is 29.4 Å². The summed E-state index contributed by atoms with van der Waals surface area (Å²) in [6.07, 6.45) is -3.37. The van der Waals surface area contributed by atoms with Crippen molar-refractivity contribution < 1.29 is 37.3 Å². The number of carboxylic acid groups (broad SMARTS) is 1. The highest BCUT2D eigenvalue weighted by atomic mass is 19.4. The van der Waals surface area contributed by atoms with Crippen LogP contribution in [0.1, 0.15) is 41.3 Å². The molecule has 1 atom stereocenters. The molecule has 35 heavy (non-hydrogen) atoms. The lowest BCUT2D eigenvalue weighted by Crippen LogP contribution is -2.46. The fourth-order valence-corrected chi connectivity index (χ4v) is 3.91. The predicted octanol–water partition coefficient (Wildman–Crippen LogP) is 5.61. The summed E-state index contributed by atoms with van der Waals surface area (Å²) in [5.74, 6) is -1.75. The number of halogens is 3. The summed E-state index contributed by atoms with van der Waals surface area (Å²) >= 11 is 0. The number of carbonyl (C=O) groups excluding carboxylic acids is 1. The molecule has 4 rings (SSSR count). The van der Waals surface area contributed by atoms with Crippen molar-refractivity contribution in [3.05, 3.63) is 71.3 Å². The van der Waals surface area contributed by atoms with E-state index in [0.717, 1.165) is 10.9 Å². The Hall–Kier alpha value is -3.75. The van der Waals surface area contributed by atoms with Crippen LogP contribution >= 0.6 is 0 Å². The van der Waals surface area contributed by atoms with Crippen molar-refractivity contribution in [2.75, 3.05) is 0 Å². The van der Waals surface area contributed by atoms with Crippen LogP contribution in [0.5, 0.6) is 11.5 Å². The number of amides is 1. The second kappa shape index (κ2) is 9.13. The monoisotopic (exact) mass is 487 g/mol. The zero-order chi connectivity index (χ0) is 25.4. The molecule has 2 N–H and O–H groups in total. The molecule has 184 valence electrons. The third-order valence-electron chi connectivity index (χ3n) is 6.17. The van der Waals surface area contributed by atoms with Crippen LogP contribution in [0.4, 0.5) is 13.2 Å². The van der Waals surface area contributed by atoms with E-state index in [1.54, 1.807) is 12.1 Å². The first kappa shape index (κ1) is 24.4. The number of rotatable bonds is 8. The van der Waals surface area contributed by atoms with E-state index in [1.807, 2.05) is 32.0 Å². The molecule has 0 spiro atoms. The summed E-state index contributed by atoms with van der Waals surface area (Å²) < 4.78 is 47.1. The van der Waals surface area contributed by atoms with Crippen LogP contribution < -0.4 is 14.8 Å². The molecule has 9 heteroatoms. The standard InChI is InChI=1S/C26H24F3NO5/c1-15-3-6-17-7-10-19(23(31)30-22(24(32)33)25(2)11-12-25)21(20(17)13-15)34-14-16-4-8-18(9-5-16)35-26(27,28)29/h3-10,13,22H,11-12,14H2,1-2H3,(H,30,31)(H,32,33)/t22-/m1/s1. The molecule has 0 radical (unpaired) electrons. The molecule has 1 amide bonds. The zero-order valence-corrected chi connectivity index (χ0v) is 19.1. The van der Waals surface area contributed by atoms with Crippen molar-refractivity contribution >= 4 is 22.6 Å². The number of hydrogen-bond donors (Lipinski definition) is 2. The number of benzene rings is 3. The molecule has 1 aliphatic carbocycles. The van der Waals surface area contributed by atoms with Gasteiger partial charge in [0.2, 0.25) is 0 Å². The average molecular weight is 487 g/mol. The van der Waals surface area contributed by atoms with E-state index in [-0.39, 0.29) is 23.7 Å². The third-order valence-corrected chi connectivity index (χ3v) is 6.17. The molecule has 0 saturated heterocycles. The van der Waals surface area contributed by atoms with E-state index in [2.05, 4.69) is 10.1 Å². The van der Waals surface area contributed by atoms with Crippen LogP contribution in [0, 0.1) is 12.3 Å². The summed E-state index contributed by atoms with van der Waals surface area (Å²) in [7, 11) is 0. The minimum Gasteiger partial charge on any atom is -0.487 e. The highest BCUT2D eigenvalue weighted by Crippen LogP contribution is 2.48. The smallest absolute Gasteiger partial charge is 0.487 e. The Labute approximate surface area is 199 Å². The van der Waals surface area contributed by atoms with Crippen molar-refractivity contribution in [1.82, 2.24) is 5.32 Å². The Bertz CT molecular complexity index is 1270. The van der Waals surface area contributed by atoms with Crippen LogP contribution in [0.3, 0.4) is 0 Å². The molecule has 6 nitrogen and oxygen atoms in total. The number of aliphatic carboxylic acids is 1. The number of nitrogens with one attached hydrogen (secondary N) is 1. The zero-order valence-electron chi connectivity index (χ0n) is 19.1. The maximum Gasteiger partial charge on any atom is 0.573 e. The topological polar surface area (TPSA) is 84.9 Å². The number of hydrogen-bond acceptors (Lipinski definition) is 4. The number of fused-ring (bicyclic) bond motifs is 1. The summed E-state index contributed by atoms with van der Waals surface area (Å²) in [5, 5.41) is 13.8. The highest BCUT2D eigenvalue weighted by molar-refractivity contribution is 6.05. The molecular formula is C26H24F3NO5. The number of aryl methyl sites for hydroxylation is 1. The Kier molecular flexibility index (Phi) is 6.36. The minimum absolute atomic E-state index is 0.0281. The lowest BCUT2D eigenvalue weighted by molar-refractivity contribution is -0.274. The highest BCUT2D eigenvalue weighted by Gasteiger charge is 2.49. The number of alkyl halides is 3. The van der Waals surface area contributed by atoms with E-state index in [1.165, 1.54) is 24.3 Å². The molecule has 1 fully saturated rings. The molecule has 0 aromatic heterocycles. The van der Waals surface area contributed by atoms with E-state index >= 15 is 0 Å². The van der Waals surface area contributed by atoms with Crippen molar-refractivity contribution in [3.63, 3.8) is 0 Å². The average Bonchev–Trinajstić information content (AvgIpc) is 3.53. The first-order valence-corrected chi connectivity index (χ1v) is 11.0. The molecule has 0 aliphatic heterocycles. The Morgan fingerprint density at radius 2 is 1.74 bits per heavy atom. The Balaban J connectivity index is 1.62. The van der Waals surface area contributed by atoms with Gasteiger partial charge in [-0.05, 0) is 60.4 Å². The van der Waals surface area contributed by atoms with Gasteiger partial charge in [-0.2, -0.15) is 0 Å². The molecule has 3 aromatic rings. The molecular weight excluding hydrogens is 463 g/mol. The second-order valence-corrected chi connectivity index (χ2v) is 9.05. The van der Waals surface area contributed by atoms with Gasteiger partial charge in [0.25, 0.3) is 5.91 Å². The SMILES string of the molecule is Cc1ccc2ccc(C(=O)N[C@H](C(=O)O)C3(C)CC3)c(OCc3ccc(OC(F)(F)F)cc3)c2c1. The van der Waals surface area contributed by atoms with Gasteiger partial charge < -0.3 is 19.9 Å². The summed E-state index contributed by atoms with van der Waals surface area (Å²) in [5.41, 5.74) is 1.18. The first-order valence-electron chi connectivity index (χ1n) is 11.0. The minimum atomic E-state index is -4.79. The maximum absolute atomic E-state index is 13.2. The summed E-state index contributed by atoms with van der Waals surface area (Å²) in [4.78, 5) is 25.0. The van der Waals surface area contributed by atoms with E-state index in [9.17, 15) is 27.9 Å². The van der Waals surface area contributed by atoms with Crippen molar-refractivity contribution in [2.45, 2.75) is 45.7 Å². The van der Waals surface area contributed by atoms with E-state index < -0.39 is 29.7 Å². The normalized spacial score (nSPS) is 15.3. The van der Waals surface area contributed by atoms with Crippen LogP contribution in [0.2, 0.25) is 0 Å². The number of ether oxygens (including phenoxy) is 2. The van der Waals surface area contributed by atoms with Gasteiger partial charge >= 0.3 is 12.3 Å².